The molecule has 8 atom stereocenters. The summed E-state index contributed by atoms with van der Waals surface area (Å²) in [5, 5.41) is 2.95. The zero-order valence-electron chi connectivity index (χ0n) is 29.7. The molecule has 4 rings (SSSR count). The molecule has 3 N–H and O–H groups in total. The quantitative estimate of drug-likeness (QED) is 0.171. The van der Waals surface area contributed by atoms with Crippen LogP contribution in [0.15, 0.2) is 11.6 Å². The van der Waals surface area contributed by atoms with Crippen molar-refractivity contribution < 1.29 is 14.3 Å². The summed E-state index contributed by atoms with van der Waals surface area (Å²) in [7, 11) is 0. The first-order valence-corrected chi connectivity index (χ1v) is 18.4. The highest BCUT2D eigenvalue weighted by molar-refractivity contribution is 5.76. The Hall–Kier alpha value is -1.56. The molecule has 4 aliphatic carbocycles. The minimum atomic E-state index is -0.537. The van der Waals surface area contributed by atoms with Crippen LogP contribution in [0.4, 0.5) is 4.79 Å². The zero-order valence-corrected chi connectivity index (χ0v) is 29.7. The summed E-state index contributed by atoms with van der Waals surface area (Å²) in [4.78, 5) is 27.4. The lowest BCUT2D eigenvalue weighted by Crippen LogP contribution is -2.53. The summed E-state index contributed by atoms with van der Waals surface area (Å²) in [6, 6.07) is 0.150. The molecule has 6 heteroatoms. The molecule has 3 saturated carbocycles. The van der Waals surface area contributed by atoms with Crippen LogP contribution >= 0.6 is 0 Å². The molecule has 252 valence electrons. The molecule has 2 amide bonds. The Labute approximate surface area is 270 Å². The fourth-order valence-corrected chi connectivity index (χ4v) is 10.4. The van der Waals surface area contributed by atoms with E-state index in [9.17, 15) is 9.59 Å². The van der Waals surface area contributed by atoms with Gasteiger partial charge in [-0.25, -0.2) is 4.79 Å². The predicted molar refractivity (Wildman–Crippen MR) is 181 cm³/mol. The number of carbonyl (C=O) groups is 2. The maximum atomic E-state index is 13.5. The van der Waals surface area contributed by atoms with Crippen molar-refractivity contribution in [3.63, 3.8) is 0 Å². The highest BCUT2D eigenvalue weighted by Crippen LogP contribution is 2.67. The monoisotopic (exact) mass is 614 g/mol. The average molecular weight is 614 g/mol. The molecule has 44 heavy (non-hydrogen) atoms. The molecule has 3 fully saturated rings. The summed E-state index contributed by atoms with van der Waals surface area (Å²) in [5.74, 6) is 4.96. The van der Waals surface area contributed by atoms with Crippen molar-refractivity contribution in [2.24, 2.45) is 52.1 Å². The summed E-state index contributed by atoms with van der Waals surface area (Å²) in [6.07, 6.45) is 17.6. The number of nitrogens with zero attached hydrogens (tertiary/aromatic N) is 1. The van der Waals surface area contributed by atoms with Crippen molar-refractivity contribution in [1.82, 2.24) is 10.2 Å². The molecule has 4 aliphatic rings. The van der Waals surface area contributed by atoms with E-state index in [-0.39, 0.29) is 23.5 Å². The lowest BCUT2D eigenvalue weighted by atomic mass is 9.46. The second-order valence-electron chi connectivity index (χ2n) is 17.1. The van der Waals surface area contributed by atoms with E-state index >= 15 is 0 Å². The molecule has 0 aliphatic heterocycles. The number of hydrogen-bond acceptors (Lipinski definition) is 4. The molecule has 0 heterocycles. The normalized spacial score (nSPS) is 34.0. The lowest BCUT2D eigenvalue weighted by Gasteiger charge is -2.59. The van der Waals surface area contributed by atoms with Gasteiger partial charge in [0.05, 0.1) is 0 Å². The van der Waals surface area contributed by atoms with Gasteiger partial charge in [-0.1, -0.05) is 65.5 Å². The number of carbonyl (C=O) groups excluding carboxylic acids is 2. The van der Waals surface area contributed by atoms with Crippen molar-refractivity contribution >= 4 is 12.0 Å². The van der Waals surface area contributed by atoms with E-state index in [1.807, 2.05) is 25.7 Å². The number of ether oxygens (including phenoxy) is 1. The van der Waals surface area contributed by atoms with E-state index in [2.05, 4.69) is 46.0 Å². The van der Waals surface area contributed by atoms with Crippen LogP contribution in [-0.4, -0.2) is 48.2 Å². The van der Waals surface area contributed by atoms with Gasteiger partial charge >= 0.3 is 6.09 Å². The second kappa shape index (κ2) is 14.5. The molecule has 0 spiro atoms. The second-order valence-corrected chi connectivity index (χ2v) is 17.1. The van der Waals surface area contributed by atoms with E-state index < -0.39 is 5.60 Å². The van der Waals surface area contributed by atoms with Gasteiger partial charge in [-0.15, -0.1) is 0 Å². The predicted octanol–water partition coefficient (Wildman–Crippen LogP) is 8.49. The number of nitrogens with one attached hydrogen (secondary N) is 1. The number of amides is 2. The van der Waals surface area contributed by atoms with E-state index in [4.69, 9.17) is 10.5 Å². The number of nitrogens with two attached hydrogens (primary N) is 1. The third-order valence-electron chi connectivity index (χ3n) is 12.6. The standard InChI is InChI=1S/C38H67N3O3/c1-26(2)11-9-12-27(3)31-15-16-32-30-14-13-28-25-29(17-20-37(28,7)33(30)18-21-38(31,32)8)41(35(43)44-36(4,5)6)24-10-23-40-34(42)19-22-39/h13,26-27,29-33H,9-12,14-25,39H2,1-8H3,(H,40,42)/t27-,29+,30-,31?,32?,33?,37?,38?/m1/s1. The van der Waals surface area contributed by atoms with Gasteiger partial charge in [0.2, 0.25) is 5.91 Å². The smallest absolute Gasteiger partial charge is 0.410 e. The van der Waals surface area contributed by atoms with Gasteiger partial charge in [0, 0.05) is 32.1 Å². The fraction of sp³-hybridized carbons (Fsp3) is 0.895. The van der Waals surface area contributed by atoms with Gasteiger partial charge in [-0.05, 0) is 125 Å². The summed E-state index contributed by atoms with van der Waals surface area (Å²) >= 11 is 0. The molecule has 0 bridgehead atoms. The summed E-state index contributed by atoms with van der Waals surface area (Å²) < 4.78 is 5.90. The Balaban J connectivity index is 1.44. The van der Waals surface area contributed by atoms with Crippen LogP contribution in [0.2, 0.25) is 0 Å². The first kappa shape index (κ1) is 35.3. The van der Waals surface area contributed by atoms with Crippen molar-refractivity contribution in [2.75, 3.05) is 19.6 Å². The first-order chi connectivity index (χ1) is 20.7. The van der Waals surface area contributed by atoms with Gasteiger partial charge in [0.25, 0.3) is 0 Å². The summed E-state index contributed by atoms with van der Waals surface area (Å²) in [5.41, 5.74) is 7.33. The Morgan fingerprint density at radius 3 is 2.48 bits per heavy atom. The Bertz CT molecular complexity index is 1020. The van der Waals surface area contributed by atoms with Crippen LogP contribution in [-0.2, 0) is 9.53 Å². The number of hydrogen-bond donors (Lipinski definition) is 2. The maximum absolute atomic E-state index is 13.5. The van der Waals surface area contributed by atoms with E-state index in [0.717, 1.165) is 54.8 Å². The average Bonchev–Trinajstić information content (AvgIpc) is 3.29. The Morgan fingerprint density at radius 2 is 1.80 bits per heavy atom. The summed E-state index contributed by atoms with van der Waals surface area (Å²) in [6.45, 7) is 19.8. The molecule has 0 aromatic heterocycles. The third-order valence-corrected chi connectivity index (χ3v) is 12.6. The van der Waals surface area contributed by atoms with Crippen molar-refractivity contribution in [2.45, 2.75) is 151 Å². The van der Waals surface area contributed by atoms with E-state index in [1.165, 1.54) is 51.4 Å². The Morgan fingerprint density at radius 1 is 1.05 bits per heavy atom. The van der Waals surface area contributed by atoms with Gasteiger partial charge in [0.1, 0.15) is 5.60 Å². The van der Waals surface area contributed by atoms with Crippen LogP contribution in [0.3, 0.4) is 0 Å². The molecule has 0 radical (unpaired) electrons. The minimum absolute atomic E-state index is 0.0237. The minimum Gasteiger partial charge on any atom is -0.444 e. The van der Waals surface area contributed by atoms with Crippen molar-refractivity contribution in [1.29, 1.82) is 0 Å². The zero-order chi connectivity index (χ0) is 32.3. The molecule has 5 unspecified atom stereocenters. The Kier molecular flexibility index (Phi) is 11.6. The number of allylic oxidation sites excluding steroid dienone is 1. The topological polar surface area (TPSA) is 84.7 Å². The van der Waals surface area contributed by atoms with Gasteiger partial charge in [-0.2, -0.15) is 0 Å². The van der Waals surface area contributed by atoms with Crippen LogP contribution in [0, 0.1) is 46.3 Å². The fourth-order valence-electron chi connectivity index (χ4n) is 10.4. The number of rotatable bonds is 12. The molecule has 0 saturated heterocycles. The van der Waals surface area contributed by atoms with Gasteiger partial charge < -0.3 is 20.7 Å². The largest absolute Gasteiger partial charge is 0.444 e. The maximum Gasteiger partial charge on any atom is 0.410 e. The van der Waals surface area contributed by atoms with Crippen molar-refractivity contribution in [3.8, 4) is 0 Å². The molecular weight excluding hydrogens is 546 g/mol. The van der Waals surface area contributed by atoms with Crippen LogP contribution in [0.25, 0.3) is 0 Å². The van der Waals surface area contributed by atoms with Crippen LogP contribution in [0.1, 0.15) is 139 Å². The van der Waals surface area contributed by atoms with Crippen LogP contribution in [0.5, 0.6) is 0 Å². The first-order valence-electron chi connectivity index (χ1n) is 18.4. The molecule has 6 nitrogen and oxygen atoms in total. The van der Waals surface area contributed by atoms with Gasteiger partial charge in [0.15, 0.2) is 0 Å². The third kappa shape index (κ3) is 7.86. The molecule has 0 aromatic carbocycles. The van der Waals surface area contributed by atoms with E-state index in [1.54, 1.807) is 5.57 Å². The molecular formula is C38H67N3O3. The highest BCUT2D eigenvalue weighted by Gasteiger charge is 2.59. The SMILES string of the molecule is CC(C)CCC[C@@H](C)C1CCC2[C@H]3CC=C4C[C@@H](N(CCCNC(=O)CCN)C(=O)OC(C)(C)C)CCC4(C)C3CCC21C. The highest BCUT2D eigenvalue weighted by atomic mass is 16.6. The lowest BCUT2D eigenvalue weighted by molar-refractivity contribution is -0.120. The number of fused-ring (bicyclic) bond motifs is 5. The molecule has 0 aromatic rings. The van der Waals surface area contributed by atoms with Gasteiger partial charge in [-0.3, -0.25) is 4.79 Å². The van der Waals surface area contributed by atoms with Crippen molar-refractivity contribution in [3.05, 3.63) is 11.6 Å². The van der Waals surface area contributed by atoms with Crippen LogP contribution < -0.4 is 11.1 Å². The van der Waals surface area contributed by atoms with E-state index in [0.29, 0.717) is 37.9 Å².